The number of methoxy groups -OCH3 is 1. The third-order valence-electron chi connectivity index (χ3n) is 5.65. The minimum atomic E-state index is 0.283. The monoisotopic (exact) mass is 282 g/mol. The van der Waals surface area contributed by atoms with Gasteiger partial charge in [-0.1, -0.05) is 20.8 Å². The highest BCUT2D eigenvalue weighted by atomic mass is 16.5. The summed E-state index contributed by atoms with van der Waals surface area (Å²) in [6.45, 7) is 11.7. The zero-order chi connectivity index (χ0) is 14.8. The summed E-state index contributed by atoms with van der Waals surface area (Å²) in [5, 5.41) is 3.80. The van der Waals surface area contributed by atoms with Gasteiger partial charge >= 0.3 is 0 Å². The van der Waals surface area contributed by atoms with Crippen molar-refractivity contribution in [2.75, 3.05) is 20.2 Å². The normalized spacial score (nSPS) is 40.2. The maximum atomic E-state index is 5.64. The van der Waals surface area contributed by atoms with E-state index in [0.29, 0.717) is 24.1 Å². The van der Waals surface area contributed by atoms with Crippen LogP contribution < -0.4 is 5.32 Å². The maximum Gasteiger partial charge on any atom is 0.0586 e. The summed E-state index contributed by atoms with van der Waals surface area (Å²) in [6.07, 6.45) is 6.82. The van der Waals surface area contributed by atoms with E-state index >= 15 is 0 Å². The Morgan fingerprint density at radius 1 is 1.35 bits per heavy atom. The van der Waals surface area contributed by atoms with Crippen molar-refractivity contribution in [3.8, 4) is 0 Å². The summed E-state index contributed by atoms with van der Waals surface area (Å²) in [5.74, 6) is 0.715. The van der Waals surface area contributed by atoms with E-state index in [2.05, 4.69) is 37.9 Å². The second-order valence-corrected chi connectivity index (χ2v) is 7.46. The predicted octanol–water partition coefficient (Wildman–Crippen LogP) is 3.04. The van der Waals surface area contributed by atoms with Crippen molar-refractivity contribution in [1.82, 2.24) is 10.2 Å². The first-order chi connectivity index (χ1) is 9.49. The van der Waals surface area contributed by atoms with Crippen molar-refractivity contribution in [3.63, 3.8) is 0 Å². The van der Waals surface area contributed by atoms with Crippen molar-refractivity contribution in [2.45, 2.75) is 83.5 Å². The number of hydrogen-bond donors (Lipinski definition) is 1. The summed E-state index contributed by atoms with van der Waals surface area (Å²) in [6, 6.07) is 1.39. The lowest BCUT2D eigenvalue weighted by atomic mass is 9.84. The van der Waals surface area contributed by atoms with Gasteiger partial charge in [0.15, 0.2) is 0 Å². The largest absolute Gasteiger partial charge is 0.381 e. The summed E-state index contributed by atoms with van der Waals surface area (Å²) < 4.78 is 5.64. The van der Waals surface area contributed by atoms with Crippen molar-refractivity contribution < 1.29 is 4.74 Å². The van der Waals surface area contributed by atoms with Crippen molar-refractivity contribution in [3.05, 3.63) is 0 Å². The summed E-state index contributed by atoms with van der Waals surface area (Å²) in [5.41, 5.74) is 0.283. The van der Waals surface area contributed by atoms with Crippen LogP contribution in [-0.2, 0) is 4.74 Å². The Labute approximate surface area is 125 Å². The Bertz CT molecular complexity index is 307. The Morgan fingerprint density at radius 3 is 2.70 bits per heavy atom. The third kappa shape index (κ3) is 3.55. The van der Waals surface area contributed by atoms with Crippen LogP contribution in [0.3, 0.4) is 0 Å². The molecule has 0 bridgehead atoms. The van der Waals surface area contributed by atoms with E-state index in [-0.39, 0.29) is 5.54 Å². The summed E-state index contributed by atoms with van der Waals surface area (Å²) in [7, 11) is 1.88. The number of piperazine rings is 1. The molecule has 0 aromatic carbocycles. The van der Waals surface area contributed by atoms with Crippen molar-refractivity contribution in [1.29, 1.82) is 0 Å². The molecule has 2 aliphatic rings. The number of nitrogens with one attached hydrogen (secondary N) is 1. The van der Waals surface area contributed by atoms with Gasteiger partial charge in [0.05, 0.1) is 6.10 Å². The van der Waals surface area contributed by atoms with Crippen LogP contribution in [0.4, 0.5) is 0 Å². The minimum absolute atomic E-state index is 0.283. The highest BCUT2D eigenvalue weighted by molar-refractivity contribution is 4.98. The molecule has 3 heteroatoms. The molecule has 1 saturated carbocycles. The van der Waals surface area contributed by atoms with Crippen LogP contribution in [0, 0.1) is 5.92 Å². The van der Waals surface area contributed by atoms with Crippen LogP contribution in [-0.4, -0.2) is 48.8 Å². The van der Waals surface area contributed by atoms with Gasteiger partial charge in [-0.25, -0.2) is 0 Å². The first kappa shape index (κ1) is 16.3. The minimum Gasteiger partial charge on any atom is -0.381 e. The van der Waals surface area contributed by atoms with E-state index in [1.165, 1.54) is 38.6 Å². The highest BCUT2D eigenvalue weighted by Crippen LogP contribution is 2.31. The molecule has 2 fully saturated rings. The smallest absolute Gasteiger partial charge is 0.0586 e. The molecule has 118 valence electrons. The fraction of sp³-hybridized carbons (Fsp3) is 1.00. The first-order valence-electron chi connectivity index (χ1n) is 8.52. The molecule has 0 amide bonds. The lowest BCUT2D eigenvalue weighted by Crippen LogP contribution is -2.66. The van der Waals surface area contributed by atoms with Gasteiger partial charge in [-0.05, 0) is 44.9 Å². The number of hydrogen-bond acceptors (Lipinski definition) is 3. The molecular formula is C17H34N2O. The Hall–Kier alpha value is -0.120. The molecule has 20 heavy (non-hydrogen) atoms. The molecule has 2 rings (SSSR count). The van der Waals surface area contributed by atoms with Crippen LogP contribution >= 0.6 is 0 Å². The van der Waals surface area contributed by atoms with E-state index < -0.39 is 0 Å². The third-order valence-corrected chi connectivity index (χ3v) is 5.65. The van der Waals surface area contributed by atoms with E-state index in [4.69, 9.17) is 4.74 Å². The van der Waals surface area contributed by atoms with E-state index in [1.807, 2.05) is 7.11 Å². The standard InChI is InChI=1S/C17H34N2O/c1-6-17(4)12-19(16(11-18-17)13(2)3)14-8-7-9-15(10-14)20-5/h13-16,18H,6-12H2,1-5H3. The molecule has 0 aromatic heterocycles. The van der Waals surface area contributed by atoms with Gasteiger partial charge in [-0.15, -0.1) is 0 Å². The second-order valence-electron chi connectivity index (χ2n) is 7.46. The quantitative estimate of drug-likeness (QED) is 0.858. The Balaban J connectivity index is 2.10. The summed E-state index contributed by atoms with van der Waals surface area (Å²) in [4.78, 5) is 2.82. The molecule has 4 atom stereocenters. The Kier molecular flexibility index (Phi) is 5.49. The molecule has 1 aliphatic heterocycles. The van der Waals surface area contributed by atoms with Crippen LogP contribution in [0.2, 0.25) is 0 Å². The van der Waals surface area contributed by atoms with Gasteiger partial charge in [0.1, 0.15) is 0 Å². The molecular weight excluding hydrogens is 248 g/mol. The lowest BCUT2D eigenvalue weighted by molar-refractivity contribution is -0.0242. The SMILES string of the molecule is CCC1(C)CN(C2CCCC(OC)C2)C(C(C)C)CN1. The van der Waals surface area contributed by atoms with Crippen LogP contribution in [0.25, 0.3) is 0 Å². The number of ether oxygens (including phenoxy) is 1. The molecule has 1 N–H and O–H groups in total. The molecule has 1 heterocycles. The average Bonchev–Trinajstić information content (AvgIpc) is 2.47. The topological polar surface area (TPSA) is 24.5 Å². The van der Waals surface area contributed by atoms with E-state index in [1.54, 1.807) is 0 Å². The van der Waals surface area contributed by atoms with Crippen LogP contribution in [0.5, 0.6) is 0 Å². The van der Waals surface area contributed by atoms with Gasteiger partial charge in [0.25, 0.3) is 0 Å². The fourth-order valence-corrected chi connectivity index (χ4v) is 3.94. The van der Waals surface area contributed by atoms with Gasteiger partial charge < -0.3 is 10.1 Å². The van der Waals surface area contributed by atoms with Gasteiger partial charge in [0, 0.05) is 37.8 Å². The zero-order valence-corrected chi connectivity index (χ0v) is 14.1. The Morgan fingerprint density at radius 2 is 2.10 bits per heavy atom. The first-order valence-corrected chi connectivity index (χ1v) is 8.52. The zero-order valence-electron chi connectivity index (χ0n) is 14.1. The second kappa shape index (κ2) is 6.76. The predicted molar refractivity (Wildman–Crippen MR) is 85.1 cm³/mol. The molecule has 3 nitrogen and oxygen atoms in total. The number of rotatable bonds is 4. The van der Waals surface area contributed by atoms with Crippen LogP contribution in [0.15, 0.2) is 0 Å². The van der Waals surface area contributed by atoms with Crippen molar-refractivity contribution in [2.24, 2.45) is 5.92 Å². The maximum absolute atomic E-state index is 5.64. The molecule has 1 aliphatic carbocycles. The fourth-order valence-electron chi connectivity index (χ4n) is 3.94. The average molecular weight is 282 g/mol. The number of nitrogens with zero attached hydrogens (tertiary/aromatic N) is 1. The van der Waals surface area contributed by atoms with E-state index in [0.717, 1.165) is 6.54 Å². The molecule has 4 unspecified atom stereocenters. The van der Waals surface area contributed by atoms with Gasteiger partial charge in [-0.3, -0.25) is 4.90 Å². The molecule has 1 saturated heterocycles. The van der Waals surface area contributed by atoms with Crippen molar-refractivity contribution >= 4 is 0 Å². The van der Waals surface area contributed by atoms with E-state index in [9.17, 15) is 0 Å². The van der Waals surface area contributed by atoms with Gasteiger partial charge in [-0.2, -0.15) is 0 Å². The lowest BCUT2D eigenvalue weighted by Gasteiger charge is -2.52. The summed E-state index contributed by atoms with van der Waals surface area (Å²) >= 11 is 0. The molecule has 0 radical (unpaired) electrons. The van der Waals surface area contributed by atoms with Crippen LogP contribution in [0.1, 0.15) is 59.8 Å². The molecule has 0 aromatic rings. The molecule has 0 spiro atoms. The van der Waals surface area contributed by atoms with Gasteiger partial charge in [0.2, 0.25) is 0 Å². The highest BCUT2D eigenvalue weighted by Gasteiger charge is 2.40.